The first-order valence-corrected chi connectivity index (χ1v) is 9.05. The number of thiocarbonyl (C=S) groups is 1. The Labute approximate surface area is 158 Å². The zero-order valence-corrected chi connectivity index (χ0v) is 15.2. The highest BCUT2D eigenvalue weighted by atomic mass is 32.2. The van der Waals surface area contributed by atoms with Crippen molar-refractivity contribution in [3.8, 4) is 0 Å². The summed E-state index contributed by atoms with van der Waals surface area (Å²) >= 11 is 6.29. The van der Waals surface area contributed by atoms with Gasteiger partial charge >= 0.3 is 12.1 Å². The smallest absolute Gasteiger partial charge is 0.416 e. The number of carbonyl (C=O) groups is 2. The Bertz CT molecular complexity index is 730. The quantitative estimate of drug-likeness (QED) is 0.411. The number of carbonyl (C=O) groups excluding carboxylic acids is 1. The number of unbranched alkanes of at least 4 members (excludes halogenated alkanes) is 2. The number of carboxylic acid groups (broad SMARTS) is 1. The highest BCUT2D eigenvalue weighted by Crippen LogP contribution is 2.34. The first-order valence-electron chi connectivity index (χ1n) is 7.83. The number of hydrogen-bond donors (Lipinski definition) is 1. The number of alkyl halides is 3. The maximum atomic E-state index is 12.6. The molecule has 1 aliphatic rings. The molecule has 9 heteroatoms. The van der Waals surface area contributed by atoms with Crippen LogP contribution in [0.1, 0.15) is 36.8 Å². The van der Waals surface area contributed by atoms with Crippen LogP contribution in [0.5, 0.6) is 0 Å². The molecule has 26 heavy (non-hydrogen) atoms. The molecule has 1 saturated heterocycles. The highest BCUT2D eigenvalue weighted by Gasteiger charge is 2.32. The number of hydrogen-bond acceptors (Lipinski definition) is 4. The third-order valence-corrected chi connectivity index (χ3v) is 5.06. The van der Waals surface area contributed by atoms with E-state index in [9.17, 15) is 22.8 Å². The van der Waals surface area contributed by atoms with Crippen LogP contribution in [-0.2, 0) is 15.8 Å². The Kier molecular flexibility index (Phi) is 6.82. The van der Waals surface area contributed by atoms with Gasteiger partial charge in [0, 0.05) is 13.0 Å². The summed E-state index contributed by atoms with van der Waals surface area (Å²) in [5.74, 6) is -1.13. The van der Waals surface area contributed by atoms with Crippen molar-refractivity contribution < 1.29 is 27.9 Å². The first-order chi connectivity index (χ1) is 12.2. The minimum Gasteiger partial charge on any atom is -0.481 e. The molecule has 1 aromatic rings. The van der Waals surface area contributed by atoms with Gasteiger partial charge in [-0.2, -0.15) is 13.2 Å². The van der Waals surface area contributed by atoms with E-state index in [2.05, 4.69) is 0 Å². The number of rotatable bonds is 7. The average Bonchev–Trinajstić information content (AvgIpc) is 2.81. The normalized spacial score (nSPS) is 16.6. The van der Waals surface area contributed by atoms with Crippen LogP contribution in [0, 0.1) is 0 Å². The summed E-state index contributed by atoms with van der Waals surface area (Å²) in [7, 11) is 0. The van der Waals surface area contributed by atoms with Crippen LogP contribution in [0.2, 0.25) is 0 Å². The van der Waals surface area contributed by atoms with Crippen LogP contribution in [-0.4, -0.2) is 32.7 Å². The number of benzene rings is 1. The van der Waals surface area contributed by atoms with E-state index in [1.165, 1.54) is 23.1 Å². The summed E-state index contributed by atoms with van der Waals surface area (Å²) in [6, 6.07) is 4.55. The van der Waals surface area contributed by atoms with E-state index < -0.39 is 17.7 Å². The number of thioether (sulfide) groups is 1. The van der Waals surface area contributed by atoms with Crippen molar-refractivity contribution in [2.24, 2.45) is 0 Å². The van der Waals surface area contributed by atoms with E-state index in [4.69, 9.17) is 17.3 Å². The zero-order valence-electron chi connectivity index (χ0n) is 13.6. The predicted octanol–water partition coefficient (Wildman–Crippen LogP) is 4.55. The average molecular weight is 403 g/mol. The lowest BCUT2D eigenvalue weighted by molar-refractivity contribution is -0.138. The largest absolute Gasteiger partial charge is 0.481 e. The maximum absolute atomic E-state index is 12.6. The minimum atomic E-state index is -4.40. The summed E-state index contributed by atoms with van der Waals surface area (Å²) in [6.45, 7) is 0.397. The van der Waals surface area contributed by atoms with E-state index in [0.29, 0.717) is 40.6 Å². The molecule has 0 spiro atoms. The van der Waals surface area contributed by atoms with Crippen LogP contribution in [0.15, 0.2) is 29.2 Å². The van der Waals surface area contributed by atoms with Crippen molar-refractivity contribution in [2.45, 2.75) is 31.9 Å². The fraction of sp³-hybridized carbons (Fsp3) is 0.353. The zero-order chi connectivity index (χ0) is 19.3. The Hall–Kier alpha value is -1.87. The maximum Gasteiger partial charge on any atom is 0.416 e. The molecule has 0 bridgehead atoms. The van der Waals surface area contributed by atoms with Gasteiger partial charge in [0.2, 0.25) is 0 Å². The fourth-order valence-corrected chi connectivity index (χ4v) is 3.64. The molecule has 0 unspecified atom stereocenters. The van der Waals surface area contributed by atoms with Crippen molar-refractivity contribution >= 4 is 46.3 Å². The van der Waals surface area contributed by atoms with Gasteiger partial charge in [0.1, 0.15) is 4.32 Å². The van der Waals surface area contributed by atoms with Crippen molar-refractivity contribution in [1.82, 2.24) is 4.90 Å². The topological polar surface area (TPSA) is 57.6 Å². The van der Waals surface area contributed by atoms with Crippen molar-refractivity contribution in [3.05, 3.63) is 40.3 Å². The van der Waals surface area contributed by atoms with Gasteiger partial charge < -0.3 is 5.11 Å². The van der Waals surface area contributed by atoms with Gasteiger partial charge in [-0.1, -0.05) is 42.5 Å². The van der Waals surface area contributed by atoms with Gasteiger partial charge in [0.15, 0.2) is 0 Å². The second-order valence-electron chi connectivity index (χ2n) is 5.66. The molecule has 1 aliphatic heterocycles. The monoisotopic (exact) mass is 403 g/mol. The predicted molar refractivity (Wildman–Crippen MR) is 97.4 cm³/mol. The van der Waals surface area contributed by atoms with E-state index >= 15 is 0 Å². The van der Waals surface area contributed by atoms with Crippen molar-refractivity contribution in [3.63, 3.8) is 0 Å². The lowest BCUT2D eigenvalue weighted by Gasteiger charge is -2.13. The van der Waals surface area contributed by atoms with Gasteiger partial charge in [-0.25, -0.2) is 0 Å². The van der Waals surface area contributed by atoms with Crippen LogP contribution < -0.4 is 0 Å². The summed E-state index contributed by atoms with van der Waals surface area (Å²) < 4.78 is 38.1. The van der Waals surface area contributed by atoms with Crippen LogP contribution in [0.4, 0.5) is 13.2 Å². The van der Waals surface area contributed by atoms with Gasteiger partial charge in [-0.3, -0.25) is 14.5 Å². The SMILES string of the molecule is O=C(O)CCCCCN1C(=O)/C(=C\c2ccc(C(F)(F)F)cc2)SC1=S. The molecule has 0 radical (unpaired) electrons. The van der Waals surface area contributed by atoms with E-state index in [1.807, 2.05) is 0 Å². The molecule has 2 rings (SSSR count). The highest BCUT2D eigenvalue weighted by molar-refractivity contribution is 8.26. The summed E-state index contributed by atoms with van der Waals surface area (Å²) in [5, 5.41) is 8.59. The molecule has 1 aromatic carbocycles. The molecule has 0 atom stereocenters. The second-order valence-corrected chi connectivity index (χ2v) is 7.33. The Morgan fingerprint density at radius 2 is 1.85 bits per heavy atom. The van der Waals surface area contributed by atoms with Crippen molar-refractivity contribution in [1.29, 1.82) is 0 Å². The van der Waals surface area contributed by atoms with E-state index in [0.717, 1.165) is 23.9 Å². The number of nitrogens with zero attached hydrogens (tertiary/aromatic N) is 1. The number of halogens is 3. The summed E-state index contributed by atoms with van der Waals surface area (Å²) in [5.41, 5.74) is -0.261. The standard InChI is InChI=1S/C17H16F3NO3S2/c18-17(19,20)12-7-5-11(6-8-12)10-13-15(24)21(16(25)26-13)9-3-1-2-4-14(22)23/h5-8,10H,1-4,9H2,(H,22,23)/b13-10+. The molecule has 140 valence electrons. The fourth-order valence-electron chi connectivity index (χ4n) is 2.34. The molecular weight excluding hydrogens is 387 g/mol. The lowest BCUT2D eigenvalue weighted by atomic mass is 10.1. The number of aliphatic carboxylic acids is 1. The Morgan fingerprint density at radius 1 is 1.19 bits per heavy atom. The van der Waals surface area contributed by atoms with Gasteiger partial charge in [0.25, 0.3) is 5.91 Å². The first kappa shape index (κ1) is 20.4. The third kappa shape index (κ3) is 5.57. The second kappa shape index (κ2) is 8.68. The Balaban J connectivity index is 1.97. The van der Waals surface area contributed by atoms with Crippen molar-refractivity contribution in [2.75, 3.05) is 6.54 Å². The van der Waals surface area contributed by atoms with Gasteiger partial charge in [0.05, 0.1) is 10.5 Å². The molecule has 0 saturated carbocycles. The molecule has 4 nitrogen and oxygen atoms in total. The van der Waals surface area contributed by atoms with Gasteiger partial charge in [-0.15, -0.1) is 0 Å². The lowest BCUT2D eigenvalue weighted by Crippen LogP contribution is -2.29. The molecular formula is C17H16F3NO3S2. The van der Waals surface area contributed by atoms with Gasteiger partial charge in [-0.05, 0) is 36.6 Å². The molecule has 0 aliphatic carbocycles. The molecule has 1 fully saturated rings. The summed E-state index contributed by atoms with van der Waals surface area (Å²) in [4.78, 5) is 24.7. The molecule has 1 amide bonds. The third-order valence-electron chi connectivity index (χ3n) is 3.68. The van der Waals surface area contributed by atoms with Crippen LogP contribution >= 0.6 is 24.0 Å². The molecule has 1 N–H and O–H groups in total. The van der Waals surface area contributed by atoms with E-state index in [-0.39, 0.29) is 12.3 Å². The Morgan fingerprint density at radius 3 is 2.42 bits per heavy atom. The minimum absolute atomic E-state index is 0.0895. The molecule has 1 heterocycles. The summed E-state index contributed by atoms with van der Waals surface area (Å²) in [6.07, 6.45) is -0.960. The van der Waals surface area contributed by atoms with Crippen LogP contribution in [0.25, 0.3) is 6.08 Å². The number of carboxylic acids is 1. The van der Waals surface area contributed by atoms with Crippen LogP contribution in [0.3, 0.4) is 0 Å². The molecule has 0 aromatic heterocycles. The van der Waals surface area contributed by atoms with E-state index in [1.54, 1.807) is 0 Å². The number of amides is 1.